The minimum absolute atomic E-state index is 0.267. The monoisotopic (exact) mass is 223 g/mol. The Morgan fingerprint density at radius 3 is 2.62 bits per heavy atom. The lowest BCUT2D eigenvalue weighted by atomic mass is 10.2. The SMILES string of the molecule is CCN(CCCCO)c1ccccc1OC. The molecule has 1 aromatic rings. The summed E-state index contributed by atoms with van der Waals surface area (Å²) in [6.45, 7) is 4.30. The van der Waals surface area contributed by atoms with Crippen LogP contribution in [0.5, 0.6) is 5.75 Å². The molecule has 3 heteroatoms. The molecule has 16 heavy (non-hydrogen) atoms. The van der Waals surface area contributed by atoms with Gasteiger partial charge in [0.25, 0.3) is 0 Å². The van der Waals surface area contributed by atoms with Gasteiger partial charge in [-0.1, -0.05) is 12.1 Å². The zero-order valence-corrected chi connectivity index (χ0v) is 10.1. The molecule has 0 aliphatic heterocycles. The van der Waals surface area contributed by atoms with Gasteiger partial charge >= 0.3 is 0 Å². The Kier molecular flexibility index (Phi) is 5.72. The minimum atomic E-state index is 0.267. The normalized spacial score (nSPS) is 10.2. The molecular weight excluding hydrogens is 202 g/mol. The van der Waals surface area contributed by atoms with Crippen molar-refractivity contribution in [3.05, 3.63) is 24.3 Å². The molecular formula is C13H21NO2. The molecule has 0 radical (unpaired) electrons. The maximum Gasteiger partial charge on any atom is 0.142 e. The van der Waals surface area contributed by atoms with Crippen molar-refractivity contribution in [1.29, 1.82) is 0 Å². The lowest BCUT2D eigenvalue weighted by Crippen LogP contribution is -2.24. The highest BCUT2D eigenvalue weighted by Crippen LogP contribution is 2.27. The van der Waals surface area contributed by atoms with E-state index < -0.39 is 0 Å². The molecule has 0 atom stereocenters. The summed E-state index contributed by atoms with van der Waals surface area (Å²) >= 11 is 0. The molecule has 0 heterocycles. The second kappa shape index (κ2) is 7.12. The fourth-order valence-electron chi connectivity index (χ4n) is 1.75. The van der Waals surface area contributed by atoms with Crippen LogP contribution in [-0.2, 0) is 0 Å². The number of rotatable bonds is 7. The molecule has 0 aromatic heterocycles. The van der Waals surface area contributed by atoms with E-state index in [1.807, 2.05) is 18.2 Å². The van der Waals surface area contributed by atoms with Crippen molar-refractivity contribution in [3.8, 4) is 5.75 Å². The number of ether oxygens (including phenoxy) is 1. The average molecular weight is 223 g/mol. The van der Waals surface area contributed by atoms with Gasteiger partial charge in [0, 0.05) is 19.7 Å². The number of anilines is 1. The Morgan fingerprint density at radius 2 is 2.00 bits per heavy atom. The van der Waals surface area contributed by atoms with Crippen molar-refractivity contribution in [2.45, 2.75) is 19.8 Å². The van der Waals surface area contributed by atoms with E-state index in [-0.39, 0.29) is 6.61 Å². The molecule has 0 unspecified atom stereocenters. The Hall–Kier alpha value is -1.22. The van der Waals surface area contributed by atoms with E-state index in [1.165, 1.54) is 0 Å². The molecule has 0 fully saturated rings. The standard InChI is InChI=1S/C13H21NO2/c1-3-14(10-6-7-11-15)12-8-4-5-9-13(12)16-2/h4-5,8-9,15H,3,6-7,10-11H2,1-2H3. The third kappa shape index (κ3) is 3.42. The first-order chi connectivity index (χ1) is 7.83. The van der Waals surface area contributed by atoms with Crippen molar-refractivity contribution in [3.63, 3.8) is 0 Å². The zero-order chi connectivity index (χ0) is 11.8. The van der Waals surface area contributed by atoms with Crippen molar-refractivity contribution >= 4 is 5.69 Å². The molecule has 3 nitrogen and oxygen atoms in total. The Morgan fingerprint density at radius 1 is 1.25 bits per heavy atom. The molecule has 0 bridgehead atoms. The number of aliphatic hydroxyl groups excluding tert-OH is 1. The summed E-state index contributed by atoms with van der Waals surface area (Å²) < 4.78 is 5.34. The third-order valence-electron chi connectivity index (χ3n) is 2.64. The molecule has 0 amide bonds. The lowest BCUT2D eigenvalue weighted by Gasteiger charge is -2.24. The maximum atomic E-state index is 8.78. The van der Waals surface area contributed by atoms with Crippen LogP contribution < -0.4 is 9.64 Å². The average Bonchev–Trinajstić information content (AvgIpc) is 2.35. The van der Waals surface area contributed by atoms with Crippen LogP contribution in [0, 0.1) is 0 Å². The van der Waals surface area contributed by atoms with E-state index >= 15 is 0 Å². The highest BCUT2D eigenvalue weighted by Gasteiger charge is 2.08. The second-order valence-corrected chi connectivity index (χ2v) is 3.68. The summed E-state index contributed by atoms with van der Waals surface area (Å²) in [5.41, 5.74) is 1.13. The fraction of sp³-hybridized carbons (Fsp3) is 0.538. The van der Waals surface area contributed by atoms with Gasteiger partial charge in [-0.2, -0.15) is 0 Å². The summed E-state index contributed by atoms with van der Waals surface area (Å²) in [7, 11) is 1.69. The maximum absolute atomic E-state index is 8.78. The summed E-state index contributed by atoms with van der Waals surface area (Å²) in [5.74, 6) is 0.911. The van der Waals surface area contributed by atoms with E-state index in [4.69, 9.17) is 9.84 Å². The smallest absolute Gasteiger partial charge is 0.142 e. The predicted octanol–water partition coefficient (Wildman–Crippen LogP) is 2.29. The Labute approximate surface area is 97.7 Å². The van der Waals surface area contributed by atoms with Crippen LogP contribution in [0.3, 0.4) is 0 Å². The van der Waals surface area contributed by atoms with E-state index in [2.05, 4.69) is 17.9 Å². The Bertz CT molecular complexity index is 302. The molecule has 90 valence electrons. The van der Waals surface area contributed by atoms with E-state index in [9.17, 15) is 0 Å². The highest BCUT2D eigenvalue weighted by atomic mass is 16.5. The van der Waals surface area contributed by atoms with Gasteiger partial charge in [0.1, 0.15) is 5.75 Å². The van der Waals surface area contributed by atoms with E-state index in [0.29, 0.717) is 0 Å². The van der Waals surface area contributed by atoms with Crippen molar-refractivity contribution in [2.75, 3.05) is 31.7 Å². The number of hydrogen-bond donors (Lipinski definition) is 1. The van der Waals surface area contributed by atoms with Gasteiger partial charge in [-0.3, -0.25) is 0 Å². The number of para-hydroxylation sites is 2. The van der Waals surface area contributed by atoms with Crippen LogP contribution in [-0.4, -0.2) is 31.9 Å². The Balaban J connectivity index is 2.69. The van der Waals surface area contributed by atoms with Crippen LogP contribution in [0.15, 0.2) is 24.3 Å². The highest BCUT2D eigenvalue weighted by molar-refractivity contribution is 5.58. The van der Waals surface area contributed by atoms with Gasteiger partial charge in [-0.25, -0.2) is 0 Å². The second-order valence-electron chi connectivity index (χ2n) is 3.68. The van der Waals surface area contributed by atoms with Crippen LogP contribution in [0.1, 0.15) is 19.8 Å². The van der Waals surface area contributed by atoms with Crippen molar-refractivity contribution < 1.29 is 9.84 Å². The molecule has 0 aliphatic rings. The van der Waals surface area contributed by atoms with E-state index in [0.717, 1.165) is 37.4 Å². The largest absolute Gasteiger partial charge is 0.495 e. The summed E-state index contributed by atoms with van der Waals surface area (Å²) in [5, 5.41) is 8.78. The lowest BCUT2D eigenvalue weighted by molar-refractivity contribution is 0.285. The fourth-order valence-corrected chi connectivity index (χ4v) is 1.75. The number of aliphatic hydroxyl groups is 1. The molecule has 1 aromatic carbocycles. The summed E-state index contributed by atoms with van der Waals surface area (Å²) in [6, 6.07) is 8.04. The number of nitrogens with zero attached hydrogens (tertiary/aromatic N) is 1. The first-order valence-corrected chi connectivity index (χ1v) is 5.82. The first-order valence-electron chi connectivity index (χ1n) is 5.82. The van der Waals surface area contributed by atoms with Gasteiger partial charge < -0.3 is 14.7 Å². The third-order valence-corrected chi connectivity index (χ3v) is 2.64. The van der Waals surface area contributed by atoms with Gasteiger partial charge in [0.2, 0.25) is 0 Å². The first kappa shape index (κ1) is 12.8. The number of hydrogen-bond acceptors (Lipinski definition) is 3. The van der Waals surface area contributed by atoms with Gasteiger partial charge in [-0.05, 0) is 31.9 Å². The van der Waals surface area contributed by atoms with Crippen LogP contribution in [0.25, 0.3) is 0 Å². The quantitative estimate of drug-likeness (QED) is 0.720. The van der Waals surface area contributed by atoms with Crippen molar-refractivity contribution in [2.24, 2.45) is 0 Å². The van der Waals surface area contributed by atoms with E-state index in [1.54, 1.807) is 7.11 Å². The van der Waals surface area contributed by atoms with Gasteiger partial charge in [-0.15, -0.1) is 0 Å². The number of unbranched alkanes of at least 4 members (excludes halogenated alkanes) is 1. The number of benzene rings is 1. The van der Waals surface area contributed by atoms with Gasteiger partial charge in [0.15, 0.2) is 0 Å². The molecule has 0 saturated carbocycles. The van der Waals surface area contributed by atoms with Crippen LogP contribution in [0.2, 0.25) is 0 Å². The van der Waals surface area contributed by atoms with Gasteiger partial charge in [0.05, 0.1) is 12.8 Å². The zero-order valence-electron chi connectivity index (χ0n) is 10.1. The molecule has 0 saturated heterocycles. The number of methoxy groups -OCH3 is 1. The molecule has 0 aliphatic carbocycles. The summed E-state index contributed by atoms with van der Waals surface area (Å²) in [6.07, 6.45) is 1.86. The van der Waals surface area contributed by atoms with Crippen molar-refractivity contribution in [1.82, 2.24) is 0 Å². The molecule has 1 N–H and O–H groups in total. The van der Waals surface area contributed by atoms with Crippen LogP contribution >= 0.6 is 0 Å². The predicted molar refractivity (Wildman–Crippen MR) is 67.2 cm³/mol. The molecule has 1 rings (SSSR count). The topological polar surface area (TPSA) is 32.7 Å². The molecule has 0 spiro atoms. The van der Waals surface area contributed by atoms with Crippen LogP contribution in [0.4, 0.5) is 5.69 Å². The summed E-state index contributed by atoms with van der Waals surface area (Å²) in [4.78, 5) is 2.27. The minimum Gasteiger partial charge on any atom is -0.495 e.